The first-order valence-electron chi connectivity index (χ1n) is 13.9. The molecule has 4 aromatic rings. The fourth-order valence-corrected chi connectivity index (χ4v) is 5.05. The predicted octanol–water partition coefficient (Wildman–Crippen LogP) is 5.34. The van der Waals surface area contributed by atoms with E-state index in [1.54, 1.807) is 31.4 Å². The molecule has 1 unspecified atom stereocenters. The fourth-order valence-electron chi connectivity index (χ4n) is 5.05. The molecule has 0 bridgehead atoms. The predicted molar refractivity (Wildman–Crippen MR) is 163 cm³/mol. The molecule has 2 amide bonds. The summed E-state index contributed by atoms with van der Waals surface area (Å²) < 4.78 is 10.6. The van der Waals surface area contributed by atoms with E-state index in [9.17, 15) is 14.7 Å². The Balaban J connectivity index is 1.50. The van der Waals surface area contributed by atoms with Gasteiger partial charge in [0.05, 0.1) is 19.3 Å². The molecule has 0 aliphatic rings. The Labute approximate surface area is 246 Å². The van der Waals surface area contributed by atoms with Crippen molar-refractivity contribution in [2.24, 2.45) is 5.73 Å². The highest BCUT2D eigenvalue weighted by atomic mass is 16.6. The lowest BCUT2D eigenvalue weighted by atomic mass is 9.77. The highest BCUT2D eigenvalue weighted by molar-refractivity contribution is 5.95. The molecule has 218 valence electrons. The summed E-state index contributed by atoms with van der Waals surface area (Å²) in [6, 6.07) is 35.4. The number of nitrogens with two attached hydrogens (primary N) is 1. The summed E-state index contributed by atoms with van der Waals surface area (Å²) in [5.74, 6) is 0.316. The molecule has 0 aromatic heterocycles. The van der Waals surface area contributed by atoms with Crippen molar-refractivity contribution in [3.05, 3.63) is 131 Å². The maximum Gasteiger partial charge on any atom is 0.405 e. The lowest BCUT2D eigenvalue weighted by Crippen LogP contribution is -2.45. The van der Waals surface area contributed by atoms with Crippen LogP contribution in [0.5, 0.6) is 5.75 Å². The van der Waals surface area contributed by atoms with Gasteiger partial charge in [-0.05, 0) is 72.3 Å². The zero-order chi connectivity index (χ0) is 29.8. The summed E-state index contributed by atoms with van der Waals surface area (Å²) in [7, 11) is 1.65. The quantitative estimate of drug-likeness (QED) is 0.120. The number of primary amides is 1. The van der Waals surface area contributed by atoms with Gasteiger partial charge in [-0.25, -0.2) is 4.79 Å². The summed E-state index contributed by atoms with van der Waals surface area (Å²) in [6.45, 7) is 0.521. The number of aliphatic hydroxyl groups is 1. The number of amides is 2. The van der Waals surface area contributed by atoms with E-state index in [4.69, 9.17) is 15.2 Å². The van der Waals surface area contributed by atoms with Gasteiger partial charge in [-0.1, -0.05) is 84.9 Å². The van der Waals surface area contributed by atoms with E-state index in [2.05, 4.69) is 47.0 Å². The molecule has 0 saturated carbocycles. The highest BCUT2D eigenvalue weighted by Gasteiger charge is 2.35. The number of methoxy groups -OCH3 is 1. The minimum Gasteiger partial charge on any atom is -0.497 e. The van der Waals surface area contributed by atoms with Gasteiger partial charge in [-0.3, -0.25) is 10.1 Å². The molecule has 0 aliphatic heterocycles. The first-order valence-corrected chi connectivity index (χ1v) is 13.9. The Morgan fingerprint density at radius 3 is 1.90 bits per heavy atom. The van der Waals surface area contributed by atoms with Crippen LogP contribution in [-0.2, 0) is 21.7 Å². The van der Waals surface area contributed by atoms with Crippen LogP contribution in [0, 0.1) is 0 Å². The van der Waals surface area contributed by atoms with Crippen molar-refractivity contribution in [3.63, 3.8) is 0 Å². The van der Waals surface area contributed by atoms with Gasteiger partial charge in [0.15, 0.2) is 6.10 Å². The number of aliphatic hydroxyl groups excluding tert-OH is 1. The van der Waals surface area contributed by atoms with E-state index in [0.29, 0.717) is 31.5 Å². The fraction of sp³-hybridized carbons (Fsp3) is 0.235. The molecule has 4 aromatic carbocycles. The Morgan fingerprint density at radius 1 is 0.810 bits per heavy atom. The van der Waals surface area contributed by atoms with Crippen LogP contribution in [0.25, 0.3) is 0 Å². The van der Waals surface area contributed by atoms with Crippen LogP contribution >= 0.6 is 0 Å². The Kier molecular flexibility index (Phi) is 10.7. The molecule has 1 atom stereocenters. The number of ether oxygens (including phenoxy) is 2. The summed E-state index contributed by atoms with van der Waals surface area (Å²) in [5.41, 5.74) is 9.12. The average Bonchev–Trinajstić information content (AvgIpc) is 3.03. The minimum atomic E-state index is -1.03. The van der Waals surface area contributed by atoms with Crippen LogP contribution in [0.15, 0.2) is 109 Å². The molecule has 0 fully saturated rings. The van der Waals surface area contributed by atoms with E-state index in [-0.39, 0.29) is 6.61 Å². The van der Waals surface area contributed by atoms with Gasteiger partial charge < -0.3 is 25.6 Å². The van der Waals surface area contributed by atoms with E-state index in [1.807, 2.05) is 48.5 Å². The third kappa shape index (κ3) is 7.54. The first-order chi connectivity index (χ1) is 20.5. The Morgan fingerprint density at radius 2 is 1.38 bits per heavy atom. The molecule has 0 saturated heterocycles. The smallest absolute Gasteiger partial charge is 0.405 e. The normalized spacial score (nSPS) is 11.9. The summed E-state index contributed by atoms with van der Waals surface area (Å²) in [4.78, 5) is 24.5. The number of carbonyl (C=O) groups is 2. The molecule has 0 aliphatic carbocycles. The van der Waals surface area contributed by atoms with Gasteiger partial charge in [-0.15, -0.1) is 0 Å². The Hall–Kier alpha value is -4.66. The van der Waals surface area contributed by atoms with E-state index in [0.717, 1.165) is 28.0 Å². The van der Waals surface area contributed by atoms with Crippen LogP contribution in [-0.4, -0.2) is 36.9 Å². The van der Waals surface area contributed by atoms with E-state index < -0.39 is 23.6 Å². The number of hydrogen-bond acceptors (Lipinski definition) is 6. The summed E-state index contributed by atoms with van der Waals surface area (Å²) in [6.07, 6.45) is -0.430. The van der Waals surface area contributed by atoms with Gasteiger partial charge in [0.25, 0.3) is 5.91 Å². The standard InChI is InChI=1S/C34H37N3O5/c1-41-30-21-17-28(18-22-30)34(26-10-4-2-5-11-26,27-12-6-3-7-13-27)36-23-9-8-14-31(42-33(35)40)32(39)37-29-19-15-25(24-38)16-20-29/h2-7,10-13,15-22,31,36,38H,8-9,14,23-24H2,1H3,(H2,35,40)(H,37,39). The summed E-state index contributed by atoms with van der Waals surface area (Å²) >= 11 is 0. The van der Waals surface area contributed by atoms with E-state index in [1.165, 1.54) is 0 Å². The SMILES string of the molecule is COc1ccc(C(NCCCCC(OC(N)=O)C(=O)Nc2ccc(CO)cc2)(c2ccccc2)c2ccccc2)cc1. The Bertz CT molecular complexity index is 1370. The number of unbranched alkanes of at least 4 members (excludes halogenated alkanes) is 1. The number of rotatable bonds is 14. The number of benzene rings is 4. The van der Waals surface area contributed by atoms with Crippen LogP contribution in [0.3, 0.4) is 0 Å². The van der Waals surface area contributed by atoms with Crippen molar-refractivity contribution in [2.45, 2.75) is 37.5 Å². The van der Waals surface area contributed by atoms with E-state index >= 15 is 0 Å². The van der Waals surface area contributed by atoms with Crippen molar-refractivity contribution >= 4 is 17.7 Å². The van der Waals surface area contributed by atoms with Crippen molar-refractivity contribution in [2.75, 3.05) is 19.0 Å². The van der Waals surface area contributed by atoms with Crippen molar-refractivity contribution in [1.29, 1.82) is 0 Å². The molecule has 0 radical (unpaired) electrons. The second kappa shape index (κ2) is 14.8. The van der Waals surface area contributed by atoms with Crippen molar-refractivity contribution in [1.82, 2.24) is 5.32 Å². The average molecular weight is 568 g/mol. The maximum atomic E-state index is 12.9. The minimum absolute atomic E-state index is 0.0933. The lowest BCUT2D eigenvalue weighted by molar-refractivity contribution is -0.124. The maximum absolute atomic E-state index is 12.9. The topological polar surface area (TPSA) is 123 Å². The zero-order valence-electron chi connectivity index (χ0n) is 23.7. The molecule has 4 rings (SSSR count). The number of carbonyl (C=O) groups excluding carboxylic acids is 2. The van der Waals surface area contributed by atoms with Gasteiger partial charge in [0.2, 0.25) is 0 Å². The molecule has 8 nitrogen and oxygen atoms in total. The van der Waals surface area contributed by atoms with Gasteiger partial charge in [-0.2, -0.15) is 0 Å². The molecular formula is C34H37N3O5. The summed E-state index contributed by atoms with van der Waals surface area (Å²) in [5, 5.41) is 15.8. The van der Waals surface area contributed by atoms with Gasteiger partial charge in [0, 0.05) is 5.69 Å². The second-order valence-corrected chi connectivity index (χ2v) is 9.90. The number of hydrogen-bond donors (Lipinski definition) is 4. The molecule has 42 heavy (non-hydrogen) atoms. The third-order valence-electron chi connectivity index (χ3n) is 7.17. The monoisotopic (exact) mass is 567 g/mol. The molecule has 0 heterocycles. The second-order valence-electron chi connectivity index (χ2n) is 9.90. The van der Waals surface area contributed by atoms with Crippen LogP contribution < -0.4 is 21.1 Å². The number of nitrogens with one attached hydrogen (secondary N) is 2. The van der Waals surface area contributed by atoms with Crippen LogP contribution in [0.1, 0.15) is 41.5 Å². The van der Waals surface area contributed by atoms with Gasteiger partial charge >= 0.3 is 6.09 Å². The molecular weight excluding hydrogens is 530 g/mol. The van der Waals surface area contributed by atoms with Crippen molar-refractivity contribution in [3.8, 4) is 5.75 Å². The van der Waals surface area contributed by atoms with Crippen LogP contribution in [0.4, 0.5) is 10.5 Å². The van der Waals surface area contributed by atoms with Crippen molar-refractivity contribution < 1.29 is 24.2 Å². The number of anilines is 1. The first kappa shape index (κ1) is 30.3. The molecule has 5 N–H and O–H groups in total. The lowest BCUT2D eigenvalue weighted by Gasteiger charge is -2.37. The van der Waals surface area contributed by atoms with Crippen LogP contribution in [0.2, 0.25) is 0 Å². The molecule has 0 spiro atoms. The molecule has 8 heteroatoms. The highest BCUT2D eigenvalue weighted by Crippen LogP contribution is 2.37. The third-order valence-corrected chi connectivity index (χ3v) is 7.17. The zero-order valence-corrected chi connectivity index (χ0v) is 23.7. The van der Waals surface area contributed by atoms with Gasteiger partial charge in [0.1, 0.15) is 5.75 Å². The largest absolute Gasteiger partial charge is 0.497 e.